The van der Waals surface area contributed by atoms with Crippen LogP contribution in [0.4, 0.5) is 0 Å². The van der Waals surface area contributed by atoms with Gasteiger partial charge in [0, 0.05) is 17.3 Å². The van der Waals surface area contributed by atoms with Gasteiger partial charge in [0.15, 0.2) is 11.5 Å². The maximum absolute atomic E-state index is 12.1. The number of Topliss-reactive ketones (excluding diaryl/α,β-unsaturated/α-hetero) is 1. The topological polar surface area (TPSA) is 35.5 Å². The normalized spacial score (nSPS) is 10.2. The molecule has 2 aromatic rings. The molecule has 3 nitrogen and oxygen atoms in total. The van der Waals surface area contributed by atoms with E-state index in [1.165, 1.54) is 0 Å². The Morgan fingerprint density at radius 1 is 0.905 bits per heavy atom. The third kappa shape index (κ3) is 4.33. The maximum atomic E-state index is 12.1. The molecule has 0 unspecified atom stereocenters. The van der Waals surface area contributed by atoms with E-state index in [2.05, 4.69) is 15.9 Å². The Morgan fingerprint density at radius 3 is 2.10 bits per heavy atom. The van der Waals surface area contributed by atoms with E-state index in [9.17, 15) is 4.79 Å². The number of hydrogen-bond acceptors (Lipinski definition) is 3. The average molecular weight is 349 g/mol. The summed E-state index contributed by atoms with van der Waals surface area (Å²) in [5.74, 6) is 1.48. The first-order chi connectivity index (χ1) is 10.1. The minimum atomic E-state index is 0.171. The minimum Gasteiger partial charge on any atom is -0.493 e. The van der Waals surface area contributed by atoms with E-state index >= 15 is 0 Å². The fraction of sp³-hybridized carbons (Fsp3) is 0.235. The second-order valence-electron chi connectivity index (χ2n) is 4.71. The van der Waals surface area contributed by atoms with Crippen LogP contribution in [0.15, 0.2) is 46.9 Å². The van der Waals surface area contributed by atoms with Gasteiger partial charge in [-0.1, -0.05) is 34.1 Å². The zero-order chi connectivity index (χ0) is 15.2. The van der Waals surface area contributed by atoms with Crippen LogP contribution in [0.3, 0.4) is 0 Å². The molecule has 0 aliphatic carbocycles. The van der Waals surface area contributed by atoms with Crippen molar-refractivity contribution in [3.05, 3.63) is 58.1 Å². The second-order valence-corrected chi connectivity index (χ2v) is 5.62. The van der Waals surface area contributed by atoms with Crippen LogP contribution in [0.2, 0.25) is 0 Å². The molecular formula is C17H17BrO3. The zero-order valence-corrected chi connectivity index (χ0v) is 13.6. The lowest BCUT2D eigenvalue weighted by Gasteiger charge is -2.09. The number of carbonyl (C=O) groups is 1. The molecule has 0 bridgehead atoms. The van der Waals surface area contributed by atoms with Gasteiger partial charge in [-0.2, -0.15) is 0 Å². The highest BCUT2D eigenvalue weighted by atomic mass is 79.9. The lowest BCUT2D eigenvalue weighted by Crippen LogP contribution is -2.06. The predicted octanol–water partition coefficient (Wildman–Crippen LogP) is 3.82. The SMILES string of the molecule is COc1ccc(CC(=O)Cc2ccc(Br)cc2)cc1OC. The molecule has 0 saturated heterocycles. The third-order valence-corrected chi connectivity index (χ3v) is 3.69. The molecule has 110 valence electrons. The Hall–Kier alpha value is -1.81. The van der Waals surface area contributed by atoms with Gasteiger partial charge in [-0.25, -0.2) is 0 Å². The summed E-state index contributed by atoms with van der Waals surface area (Å²) < 4.78 is 11.4. The molecule has 4 heteroatoms. The van der Waals surface area contributed by atoms with Crippen LogP contribution in [-0.2, 0) is 17.6 Å². The van der Waals surface area contributed by atoms with Crippen molar-refractivity contribution in [1.82, 2.24) is 0 Å². The first-order valence-corrected chi connectivity index (χ1v) is 7.38. The molecule has 2 aromatic carbocycles. The van der Waals surface area contributed by atoms with Crippen molar-refractivity contribution in [2.75, 3.05) is 14.2 Å². The minimum absolute atomic E-state index is 0.171. The number of benzene rings is 2. The molecule has 0 N–H and O–H groups in total. The summed E-state index contributed by atoms with van der Waals surface area (Å²) in [6.07, 6.45) is 0.818. The smallest absolute Gasteiger partial charge is 0.161 e. The highest BCUT2D eigenvalue weighted by Crippen LogP contribution is 2.27. The molecule has 0 radical (unpaired) electrons. The van der Waals surface area contributed by atoms with E-state index in [0.717, 1.165) is 15.6 Å². The van der Waals surface area contributed by atoms with E-state index in [-0.39, 0.29) is 5.78 Å². The van der Waals surface area contributed by atoms with Crippen molar-refractivity contribution in [3.63, 3.8) is 0 Å². The van der Waals surface area contributed by atoms with E-state index < -0.39 is 0 Å². The Labute approximate surface area is 133 Å². The Balaban J connectivity index is 2.04. The number of rotatable bonds is 6. The molecule has 0 aliphatic rings. The van der Waals surface area contributed by atoms with Crippen LogP contribution < -0.4 is 9.47 Å². The van der Waals surface area contributed by atoms with Gasteiger partial charge in [0.05, 0.1) is 14.2 Å². The Kier molecular flexibility index (Phi) is 5.39. The molecule has 21 heavy (non-hydrogen) atoms. The standard InChI is InChI=1S/C17H17BrO3/c1-20-16-8-5-13(11-17(16)21-2)10-15(19)9-12-3-6-14(18)7-4-12/h3-8,11H,9-10H2,1-2H3. The number of ether oxygens (including phenoxy) is 2. The summed E-state index contributed by atoms with van der Waals surface area (Å²) >= 11 is 3.38. The van der Waals surface area contributed by atoms with Crippen molar-refractivity contribution in [1.29, 1.82) is 0 Å². The van der Waals surface area contributed by atoms with E-state index in [1.807, 2.05) is 42.5 Å². The number of methoxy groups -OCH3 is 2. The van der Waals surface area contributed by atoms with E-state index in [1.54, 1.807) is 14.2 Å². The fourth-order valence-electron chi connectivity index (χ4n) is 2.11. The molecule has 0 atom stereocenters. The molecule has 0 amide bonds. The first kappa shape index (κ1) is 15.6. The number of hydrogen-bond donors (Lipinski definition) is 0. The van der Waals surface area contributed by atoms with Gasteiger partial charge >= 0.3 is 0 Å². The van der Waals surface area contributed by atoms with E-state index in [4.69, 9.17) is 9.47 Å². The predicted molar refractivity (Wildman–Crippen MR) is 86.1 cm³/mol. The number of carbonyl (C=O) groups excluding carboxylic acids is 1. The van der Waals surface area contributed by atoms with Gasteiger partial charge in [0.25, 0.3) is 0 Å². The quantitative estimate of drug-likeness (QED) is 0.795. The number of halogens is 1. The Bertz CT molecular complexity index is 620. The van der Waals surface area contributed by atoms with Crippen LogP contribution in [0, 0.1) is 0 Å². The molecule has 0 saturated carbocycles. The maximum Gasteiger partial charge on any atom is 0.161 e. The molecular weight excluding hydrogens is 332 g/mol. The van der Waals surface area contributed by atoms with Crippen molar-refractivity contribution >= 4 is 21.7 Å². The summed E-state index contributed by atoms with van der Waals surface area (Å²) in [6, 6.07) is 13.4. The monoisotopic (exact) mass is 348 g/mol. The van der Waals surface area contributed by atoms with Crippen LogP contribution in [-0.4, -0.2) is 20.0 Å². The molecule has 0 aromatic heterocycles. The fourth-order valence-corrected chi connectivity index (χ4v) is 2.38. The zero-order valence-electron chi connectivity index (χ0n) is 12.1. The van der Waals surface area contributed by atoms with Crippen LogP contribution in [0.1, 0.15) is 11.1 Å². The van der Waals surface area contributed by atoms with Gasteiger partial charge in [-0.15, -0.1) is 0 Å². The average Bonchev–Trinajstić information content (AvgIpc) is 2.49. The molecule has 0 fully saturated rings. The summed E-state index contributed by atoms with van der Waals surface area (Å²) in [5, 5.41) is 0. The van der Waals surface area contributed by atoms with Crippen molar-refractivity contribution in [2.45, 2.75) is 12.8 Å². The van der Waals surface area contributed by atoms with Gasteiger partial charge in [0.1, 0.15) is 5.78 Å². The lowest BCUT2D eigenvalue weighted by atomic mass is 10.0. The largest absolute Gasteiger partial charge is 0.493 e. The molecule has 0 spiro atoms. The highest BCUT2D eigenvalue weighted by molar-refractivity contribution is 9.10. The van der Waals surface area contributed by atoms with Gasteiger partial charge in [-0.3, -0.25) is 4.79 Å². The molecule has 2 rings (SSSR count). The summed E-state index contributed by atoms with van der Waals surface area (Å²) in [6.45, 7) is 0. The van der Waals surface area contributed by atoms with Crippen LogP contribution in [0.5, 0.6) is 11.5 Å². The summed E-state index contributed by atoms with van der Waals surface area (Å²) in [4.78, 5) is 12.1. The number of ketones is 1. The van der Waals surface area contributed by atoms with Gasteiger partial charge in [-0.05, 0) is 35.4 Å². The summed E-state index contributed by atoms with van der Waals surface area (Å²) in [7, 11) is 3.18. The van der Waals surface area contributed by atoms with Crippen molar-refractivity contribution in [3.8, 4) is 11.5 Å². The second kappa shape index (κ2) is 7.27. The third-order valence-electron chi connectivity index (χ3n) is 3.16. The Morgan fingerprint density at radius 2 is 1.48 bits per heavy atom. The highest BCUT2D eigenvalue weighted by Gasteiger charge is 2.09. The van der Waals surface area contributed by atoms with Crippen molar-refractivity contribution < 1.29 is 14.3 Å². The molecule has 0 aliphatic heterocycles. The van der Waals surface area contributed by atoms with Gasteiger partial charge in [0.2, 0.25) is 0 Å². The van der Waals surface area contributed by atoms with Crippen molar-refractivity contribution in [2.24, 2.45) is 0 Å². The van der Waals surface area contributed by atoms with E-state index in [0.29, 0.717) is 24.3 Å². The van der Waals surface area contributed by atoms with Crippen LogP contribution >= 0.6 is 15.9 Å². The lowest BCUT2D eigenvalue weighted by molar-refractivity contribution is -0.117. The van der Waals surface area contributed by atoms with Crippen LogP contribution in [0.25, 0.3) is 0 Å². The first-order valence-electron chi connectivity index (χ1n) is 6.59. The summed E-state index contributed by atoms with van der Waals surface area (Å²) in [5.41, 5.74) is 1.94. The van der Waals surface area contributed by atoms with Gasteiger partial charge < -0.3 is 9.47 Å². The molecule has 0 heterocycles.